The molecule has 0 saturated heterocycles. The van der Waals surface area contributed by atoms with Gasteiger partial charge in [0.2, 0.25) is 0 Å². The first-order valence-electron chi connectivity index (χ1n) is 10.9. The van der Waals surface area contributed by atoms with Gasteiger partial charge in [-0.15, -0.1) is 6.58 Å². The third kappa shape index (κ3) is 21.0. The summed E-state index contributed by atoms with van der Waals surface area (Å²) in [5.74, 6) is 0. The van der Waals surface area contributed by atoms with E-state index in [1.807, 2.05) is 0 Å². The number of rotatable bonds is 19. The van der Waals surface area contributed by atoms with Gasteiger partial charge in [0.25, 0.3) is 0 Å². The molecule has 0 bridgehead atoms. The number of carbonyl (C=O) groups excluding carboxylic acids is 1. The topological polar surface area (TPSA) is 41.1 Å². The Morgan fingerprint density at radius 3 is 1.48 bits per heavy atom. The molecule has 0 aliphatic rings. The number of carbonyl (C=O) groups is 1. The SMILES string of the molecule is C=CCNC(=O)NCCCCCCCCCCCCCCCCCC. The van der Waals surface area contributed by atoms with Gasteiger partial charge in [0.15, 0.2) is 0 Å². The number of hydrogen-bond acceptors (Lipinski definition) is 1. The number of urea groups is 1. The van der Waals surface area contributed by atoms with Gasteiger partial charge >= 0.3 is 6.03 Å². The summed E-state index contributed by atoms with van der Waals surface area (Å²) in [4.78, 5) is 11.3. The van der Waals surface area contributed by atoms with Crippen LogP contribution in [-0.2, 0) is 0 Å². The molecule has 3 nitrogen and oxygen atoms in total. The first kappa shape index (κ1) is 24.0. The summed E-state index contributed by atoms with van der Waals surface area (Å²) in [6.45, 7) is 7.17. The van der Waals surface area contributed by atoms with Crippen LogP contribution in [0.1, 0.15) is 110 Å². The lowest BCUT2D eigenvalue weighted by Gasteiger charge is -2.06. The standard InChI is InChI=1S/C22H44N2O/c1-3-5-6-7-8-9-10-11-12-13-14-15-16-17-18-19-21-24-22(25)23-20-4-2/h4H,2-3,5-21H2,1H3,(H2,23,24,25). The molecular weight excluding hydrogens is 308 g/mol. The Bertz CT molecular complexity index is 292. The maximum absolute atomic E-state index is 11.3. The Kier molecular flexibility index (Phi) is 20.2. The maximum Gasteiger partial charge on any atom is 0.315 e. The average Bonchev–Trinajstić information content (AvgIpc) is 2.62. The molecule has 2 N–H and O–H groups in total. The van der Waals surface area contributed by atoms with Gasteiger partial charge in [-0.1, -0.05) is 109 Å². The van der Waals surface area contributed by atoms with Crippen LogP contribution in [0.3, 0.4) is 0 Å². The second-order valence-corrected chi connectivity index (χ2v) is 7.23. The van der Waals surface area contributed by atoms with E-state index in [4.69, 9.17) is 0 Å². The lowest BCUT2D eigenvalue weighted by molar-refractivity contribution is 0.241. The summed E-state index contributed by atoms with van der Waals surface area (Å²) < 4.78 is 0. The average molecular weight is 353 g/mol. The Morgan fingerprint density at radius 1 is 0.680 bits per heavy atom. The van der Waals surface area contributed by atoms with E-state index in [-0.39, 0.29) is 6.03 Å². The fourth-order valence-corrected chi connectivity index (χ4v) is 3.10. The Balaban J connectivity index is 3.05. The van der Waals surface area contributed by atoms with Gasteiger partial charge in [0.1, 0.15) is 0 Å². The molecule has 0 unspecified atom stereocenters. The highest BCUT2D eigenvalue weighted by Crippen LogP contribution is 2.13. The summed E-state index contributed by atoms with van der Waals surface area (Å²) in [6, 6.07) is -0.0825. The van der Waals surface area contributed by atoms with Crippen LogP contribution >= 0.6 is 0 Å². The summed E-state index contributed by atoms with van der Waals surface area (Å²) in [6.07, 6.45) is 23.7. The largest absolute Gasteiger partial charge is 0.338 e. The molecular formula is C22H44N2O. The van der Waals surface area contributed by atoms with Crippen molar-refractivity contribution < 1.29 is 4.79 Å². The molecule has 0 aromatic heterocycles. The van der Waals surface area contributed by atoms with Crippen LogP contribution in [0.5, 0.6) is 0 Å². The Labute approximate surface area is 157 Å². The highest BCUT2D eigenvalue weighted by molar-refractivity contribution is 5.73. The van der Waals surface area contributed by atoms with Crippen LogP contribution in [0.25, 0.3) is 0 Å². The van der Waals surface area contributed by atoms with E-state index in [1.54, 1.807) is 6.08 Å². The van der Waals surface area contributed by atoms with Crippen molar-refractivity contribution in [3.05, 3.63) is 12.7 Å². The van der Waals surface area contributed by atoms with Crippen molar-refractivity contribution in [3.63, 3.8) is 0 Å². The van der Waals surface area contributed by atoms with Crippen LogP contribution in [-0.4, -0.2) is 19.1 Å². The molecule has 0 fully saturated rings. The van der Waals surface area contributed by atoms with Gasteiger partial charge in [0, 0.05) is 13.1 Å². The monoisotopic (exact) mass is 352 g/mol. The summed E-state index contributed by atoms with van der Waals surface area (Å²) >= 11 is 0. The highest BCUT2D eigenvalue weighted by atomic mass is 16.2. The molecule has 148 valence electrons. The van der Waals surface area contributed by atoms with Gasteiger partial charge in [-0.3, -0.25) is 0 Å². The van der Waals surface area contributed by atoms with Gasteiger partial charge < -0.3 is 10.6 Å². The van der Waals surface area contributed by atoms with Crippen molar-refractivity contribution in [2.24, 2.45) is 0 Å². The normalized spacial score (nSPS) is 10.6. The smallest absolute Gasteiger partial charge is 0.315 e. The van der Waals surface area contributed by atoms with Gasteiger partial charge in [0.05, 0.1) is 0 Å². The molecule has 0 aromatic carbocycles. The van der Waals surface area contributed by atoms with Gasteiger partial charge in [-0.25, -0.2) is 4.79 Å². The van der Waals surface area contributed by atoms with Crippen LogP contribution in [0.4, 0.5) is 4.79 Å². The fourth-order valence-electron chi connectivity index (χ4n) is 3.10. The van der Waals surface area contributed by atoms with Crippen LogP contribution < -0.4 is 10.6 Å². The minimum Gasteiger partial charge on any atom is -0.338 e. The number of hydrogen-bond donors (Lipinski definition) is 2. The van der Waals surface area contributed by atoms with E-state index < -0.39 is 0 Å². The van der Waals surface area contributed by atoms with E-state index in [2.05, 4.69) is 24.1 Å². The highest BCUT2D eigenvalue weighted by Gasteiger charge is 1.97. The quantitative estimate of drug-likeness (QED) is 0.196. The second kappa shape index (κ2) is 21.1. The molecule has 0 aliphatic heterocycles. The maximum atomic E-state index is 11.3. The zero-order valence-corrected chi connectivity index (χ0v) is 16.9. The first-order valence-corrected chi connectivity index (χ1v) is 10.9. The first-order chi connectivity index (χ1) is 12.3. The van der Waals surface area contributed by atoms with E-state index in [1.165, 1.54) is 96.3 Å². The molecule has 0 saturated carbocycles. The second-order valence-electron chi connectivity index (χ2n) is 7.23. The summed E-state index contributed by atoms with van der Waals surface area (Å²) in [5.41, 5.74) is 0. The third-order valence-electron chi connectivity index (χ3n) is 4.72. The van der Waals surface area contributed by atoms with Crippen LogP contribution in [0, 0.1) is 0 Å². The Morgan fingerprint density at radius 2 is 1.08 bits per heavy atom. The zero-order chi connectivity index (χ0) is 18.4. The van der Waals surface area contributed by atoms with Crippen LogP contribution in [0.15, 0.2) is 12.7 Å². The molecule has 0 heterocycles. The van der Waals surface area contributed by atoms with Gasteiger partial charge in [-0.05, 0) is 6.42 Å². The minimum absolute atomic E-state index is 0.0825. The molecule has 0 aromatic rings. The predicted molar refractivity (Wildman–Crippen MR) is 111 cm³/mol. The molecule has 2 amide bonds. The van der Waals surface area contributed by atoms with E-state index in [9.17, 15) is 4.79 Å². The molecule has 0 radical (unpaired) electrons. The van der Waals surface area contributed by atoms with Crippen molar-refractivity contribution in [3.8, 4) is 0 Å². The predicted octanol–water partition coefficient (Wildman–Crippen LogP) is 6.73. The van der Waals surface area contributed by atoms with E-state index in [0.717, 1.165) is 13.0 Å². The molecule has 25 heavy (non-hydrogen) atoms. The summed E-state index contributed by atoms with van der Waals surface area (Å²) in [7, 11) is 0. The molecule has 0 aliphatic carbocycles. The van der Waals surface area contributed by atoms with Crippen molar-refractivity contribution in [1.29, 1.82) is 0 Å². The lowest BCUT2D eigenvalue weighted by atomic mass is 10.0. The molecule has 0 atom stereocenters. The van der Waals surface area contributed by atoms with Crippen molar-refractivity contribution in [1.82, 2.24) is 10.6 Å². The molecule has 0 spiro atoms. The lowest BCUT2D eigenvalue weighted by Crippen LogP contribution is -2.35. The van der Waals surface area contributed by atoms with Crippen molar-refractivity contribution >= 4 is 6.03 Å². The van der Waals surface area contributed by atoms with Crippen molar-refractivity contribution in [2.45, 2.75) is 110 Å². The molecule has 3 heteroatoms. The zero-order valence-electron chi connectivity index (χ0n) is 16.9. The summed E-state index contributed by atoms with van der Waals surface area (Å²) in [5, 5.41) is 5.59. The van der Waals surface area contributed by atoms with Gasteiger partial charge in [-0.2, -0.15) is 0 Å². The van der Waals surface area contributed by atoms with E-state index >= 15 is 0 Å². The molecule has 0 rings (SSSR count). The Hall–Kier alpha value is -0.990. The number of amides is 2. The van der Waals surface area contributed by atoms with E-state index in [0.29, 0.717) is 6.54 Å². The fraction of sp³-hybridized carbons (Fsp3) is 0.864. The third-order valence-corrected chi connectivity index (χ3v) is 4.72. The number of unbranched alkanes of at least 4 members (excludes halogenated alkanes) is 15. The van der Waals surface area contributed by atoms with Crippen molar-refractivity contribution in [2.75, 3.05) is 13.1 Å². The van der Waals surface area contributed by atoms with Crippen LogP contribution in [0.2, 0.25) is 0 Å². The number of nitrogens with one attached hydrogen (secondary N) is 2. The minimum atomic E-state index is -0.0825.